The second-order valence-electron chi connectivity index (χ2n) is 5.41. The van der Waals surface area contributed by atoms with Crippen LogP contribution in [0.25, 0.3) is 5.00 Å². The van der Waals surface area contributed by atoms with Gasteiger partial charge in [0.05, 0.1) is 0 Å². The number of aryl methyl sites for hydroxylation is 2. The van der Waals surface area contributed by atoms with E-state index in [1.807, 2.05) is 44.4 Å². The Morgan fingerprint density at radius 3 is 2.62 bits per heavy atom. The molecule has 0 N–H and O–H groups in total. The number of carbonyl (C=O) groups is 1. The van der Waals surface area contributed by atoms with Crippen LogP contribution in [0, 0.1) is 20.8 Å². The van der Waals surface area contributed by atoms with Crippen molar-refractivity contribution in [2.24, 2.45) is 0 Å². The number of rotatable bonds is 4. The Kier molecular flexibility index (Phi) is 4.30. The van der Waals surface area contributed by atoms with Crippen LogP contribution in [0.3, 0.4) is 0 Å². The third kappa shape index (κ3) is 3.00. The lowest BCUT2D eigenvalue weighted by Gasteiger charge is -2.12. The van der Waals surface area contributed by atoms with Crippen molar-refractivity contribution in [1.29, 1.82) is 0 Å². The molecule has 0 saturated carbocycles. The topological polar surface area (TPSA) is 79.0 Å². The normalized spacial score (nSPS) is 10.8. The first-order valence-corrected chi connectivity index (χ1v) is 8.19. The van der Waals surface area contributed by atoms with Crippen LogP contribution in [0.1, 0.15) is 16.7 Å². The molecule has 1 aromatic carbocycles. The number of carbonyl (C=O) groups excluding carboxylic acids is 1. The Bertz CT molecular complexity index is 941. The van der Waals surface area contributed by atoms with Crippen LogP contribution in [-0.2, 0) is 11.3 Å². The fraction of sp³-hybridized carbons (Fsp3) is 0.250. The average Bonchev–Trinajstić information content (AvgIpc) is 3.18. The predicted molar refractivity (Wildman–Crippen MR) is 89.8 cm³/mol. The van der Waals surface area contributed by atoms with Crippen molar-refractivity contribution in [3.8, 4) is 10.8 Å². The molecule has 0 bridgehead atoms. The zero-order valence-corrected chi connectivity index (χ0v) is 14.3. The molecular formula is C16H16N4O3S. The molecule has 3 aromatic rings. The van der Waals surface area contributed by atoms with E-state index in [0.29, 0.717) is 10.8 Å². The van der Waals surface area contributed by atoms with Gasteiger partial charge in [0, 0.05) is 0 Å². The Balaban J connectivity index is 1.80. The minimum atomic E-state index is -0.563. The molecule has 0 aliphatic carbocycles. The fourth-order valence-corrected chi connectivity index (χ4v) is 2.92. The van der Waals surface area contributed by atoms with E-state index in [9.17, 15) is 9.59 Å². The smallest absolute Gasteiger partial charge is 0.369 e. The lowest BCUT2D eigenvalue weighted by atomic mass is 10.1. The number of nitrogens with zero attached hydrogens (tertiary/aromatic N) is 4. The summed E-state index contributed by atoms with van der Waals surface area (Å²) in [4.78, 5) is 24.4. The van der Waals surface area contributed by atoms with Crippen LogP contribution in [-0.4, -0.2) is 25.8 Å². The molecule has 0 fully saturated rings. The van der Waals surface area contributed by atoms with Crippen molar-refractivity contribution in [1.82, 2.24) is 19.8 Å². The van der Waals surface area contributed by atoms with Crippen molar-refractivity contribution < 1.29 is 9.53 Å². The van der Waals surface area contributed by atoms with Crippen LogP contribution in [0.4, 0.5) is 0 Å². The van der Waals surface area contributed by atoms with Crippen molar-refractivity contribution in [2.45, 2.75) is 27.3 Å². The first-order valence-electron chi connectivity index (χ1n) is 7.31. The summed E-state index contributed by atoms with van der Waals surface area (Å²) in [5.74, 6) is -0.0363. The van der Waals surface area contributed by atoms with Crippen molar-refractivity contribution >= 4 is 17.3 Å². The number of tetrazole rings is 1. The predicted octanol–water partition coefficient (Wildman–Crippen LogP) is 2.02. The summed E-state index contributed by atoms with van der Waals surface area (Å²) in [5, 5.41) is 10.0. The number of hydrogen-bond acceptors (Lipinski definition) is 6. The Labute approximate surface area is 142 Å². The molecule has 0 aliphatic heterocycles. The molecule has 3 rings (SSSR count). The Hall–Kier alpha value is -2.74. The highest BCUT2D eigenvalue weighted by Gasteiger charge is 2.16. The fourth-order valence-electron chi connectivity index (χ4n) is 2.25. The van der Waals surface area contributed by atoms with Crippen molar-refractivity contribution in [3.05, 3.63) is 56.8 Å². The lowest BCUT2D eigenvalue weighted by molar-refractivity contribution is -0.135. The minimum absolute atomic E-state index is 0.295. The highest BCUT2D eigenvalue weighted by Crippen LogP contribution is 2.25. The van der Waals surface area contributed by atoms with Gasteiger partial charge in [-0.15, -0.1) is 11.3 Å². The summed E-state index contributed by atoms with van der Waals surface area (Å²) in [5.41, 5.74) is 2.32. The van der Waals surface area contributed by atoms with Gasteiger partial charge < -0.3 is 4.74 Å². The van der Waals surface area contributed by atoms with E-state index in [1.54, 1.807) is 6.07 Å². The lowest BCUT2D eigenvalue weighted by Crippen LogP contribution is -2.29. The number of benzene rings is 1. The molecule has 124 valence electrons. The van der Waals surface area contributed by atoms with Gasteiger partial charge in [0.2, 0.25) is 0 Å². The van der Waals surface area contributed by atoms with Crippen LogP contribution >= 0.6 is 11.3 Å². The van der Waals surface area contributed by atoms with E-state index in [2.05, 4.69) is 10.4 Å². The van der Waals surface area contributed by atoms with Crippen LogP contribution < -0.4 is 10.4 Å². The maximum Gasteiger partial charge on any atom is 0.369 e. The summed E-state index contributed by atoms with van der Waals surface area (Å²) >= 11 is 1.36. The summed E-state index contributed by atoms with van der Waals surface area (Å²) < 4.78 is 7.59. The highest BCUT2D eigenvalue weighted by atomic mass is 32.1. The summed E-state index contributed by atoms with van der Waals surface area (Å²) in [6.07, 6.45) is 0. The maximum atomic E-state index is 12.2. The molecule has 0 radical (unpaired) electrons. The summed E-state index contributed by atoms with van der Waals surface area (Å²) in [6.45, 7) is 5.42. The SMILES string of the molecule is Cc1ccc(C)c(OC(=O)Cn2nnn(-c3cccs3)c2=O)c1C. The first kappa shape index (κ1) is 16.1. The summed E-state index contributed by atoms with van der Waals surface area (Å²) in [6, 6.07) is 7.43. The van der Waals surface area contributed by atoms with Gasteiger partial charge in [-0.3, -0.25) is 0 Å². The molecular weight excluding hydrogens is 328 g/mol. The zero-order chi connectivity index (χ0) is 17.3. The third-order valence-corrected chi connectivity index (χ3v) is 4.57. The summed E-state index contributed by atoms with van der Waals surface area (Å²) in [7, 11) is 0. The minimum Gasteiger partial charge on any atom is -0.425 e. The Morgan fingerprint density at radius 2 is 1.92 bits per heavy atom. The highest BCUT2D eigenvalue weighted by molar-refractivity contribution is 7.12. The maximum absolute atomic E-state index is 12.2. The second kappa shape index (κ2) is 6.40. The molecule has 8 heteroatoms. The van der Waals surface area contributed by atoms with Gasteiger partial charge in [0.25, 0.3) is 0 Å². The van der Waals surface area contributed by atoms with E-state index in [-0.39, 0.29) is 6.54 Å². The van der Waals surface area contributed by atoms with Gasteiger partial charge in [-0.2, -0.15) is 9.36 Å². The zero-order valence-electron chi connectivity index (χ0n) is 13.5. The number of hydrogen-bond donors (Lipinski definition) is 0. The number of esters is 1. The number of aromatic nitrogens is 4. The number of thiophene rings is 1. The molecule has 0 spiro atoms. The van der Waals surface area contributed by atoms with E-state index in [0.717, 1.165) is 26.1 Å². The standard InChI is InChI=1S/C16H16N4O3S/c1-10-6-7-11(2)15(12(10)3)23-14(21)9-19-16(22)20(18-17-19)13-5-4-8-24-13/h4-8H,9H2,1-3H3. The molecule has 2 heterocycles. The molecule has 0 saturated heterocycles. The Morgan fingerprint density at radius 1 is 1.17 bits per heavy atom. The largest absolute Gasteiger partial charge is 0.425 e. The van der Waals surface area contributed by atoms with Crippen molar-refractivity contribution in [2.75, 3.05) is 0 Å². The van der Waals surface area contributed by atoms with Gasteiger partial charge in [-0.1, -0.05) is 12.1 Å². The molecule has 0 aliphatic rings. The van der Waals surface area contributed by atoms with Crippen LogP contribution in [0.2, 0.25) is 0 Å². The second-order valence-corrected chi connectivity index (χ2v) is 6.34. The molecule has 0 unspecified atom stereocenters. The van der Waals surface area contributed by atoms with Gasteiger partial charge in [0.1, 0.15) is 17.3 Å². The third-order valence-electron chi connectivity index (χ3n) is 3.72. The van der Waals surface area contributed by atoms with E-state index < -0.39 is 11.7 Å². The molecule has 2 aromatic heterocycles. The molecule has 7 nitrogen and oxygen atoms in total. The molecule has 0 amide bonds. The van der Waals surface area contributed by atoms with Crippen LogP contribution in [0.15, 0.2) is 34.4 Å². The van der Waals surface area contributed by atoms with Gasteiger partial charge in [0.15, 0.2) is 0 Å². The molecule has 0 atom stereocenters. The van der Waals surface area contributed by atoms with E-state index in [4.69, 9.17) is 4.74 Å². The quantitative estimate of drug-likeness (QED) is 0.534. The average molecular weight is 344 g/mol. The van der Waals surface area contributed by atoms with Gasteiger partial charge in [-0.25, -0.2) is 9.59 Å². The van der Waals surface area contributed by atoms with Gasteiger partial charge in [-0.05, 0) is 65.4 Å². The van der Waals surface area contributed by atoms with E-state index in [1.165, 1.54) is 11.3 Å². The monoisotopic (exact) mass is 344 g/mol. The number of ether oxygens (including phenoxy) is 1. The van der Waals surface area contributed by atoms with Crippen molar-refractivity contribution in [3.63, 3.8) is 0 Å². The van der Waals surface area contributed by atoms with Crippen LogP contribution in [0.5, 0.6) is 5.75 Å². The molecule has 24 heavy (non-hydrogen) atoms. The van der Waals surface area contributed by atoms with Gasteiger partial charge >= 0.3 is 11.7 Å². The first-order chi connectivity index (χ1) is 11.5. The van der Waals surface area contributed by atoms with E-state index >= 15 is 0 Å².